The Morgan fingerprint density at radius 3 is 3.00 bits per heavy atom. The van der Waals surface area contributed by atoms with Gasteiger partial charge in [0.2, 0.25) is 5.91 Å². The van der Waals surface area contributed by atoms with Crippen molar-refractivity contribution >= 4 is 11.9 Å². The van der Waals surface area contributed by atoms with Gasteiger partial charge in [-0.15, -0.1) is 5.10 Å². The van der Waals surface area contributed by atoms with Crippen LogP contribution in [0, 0.1) is 0 Å². The molecule has 1 aromatic rings. The highest BCUT2D eigenvalue weighted by Crippen LogP contribution is 1.94. The van der Waals surface area contributed by atoms with Gasteiger partial charge in [0.1, 0.15) is 6.54 Å². The van der Waals surface area contributed by atoms with Gasteiger partial charge in [0, 0.05) is 19.9 Å². The molecule has 0 aliphatic heterocycles. The Balaban J connectivity index is 2.38. The summed E-state index contributed by atoms with van der Waals surface area (Å²) in [5.41, 5.74) is 0.321. The molecule has 94 valence electrons. The van der Waals surface area contributed by atoms with Crippen LogP contribution in [0.25, 0.3) is 0 Å². The molecule has 0 spiro atoms. The summed E-state index contributed by atoms with van der Waals surface area (Å²) in [6, 6.07) is 0. The number of methoxy groups -OCH3 is 1. The predicted molar refractivity (Wildman–Crippen MR) is 56.2 cm³/mol. The van der Waals surface area contributed by atoms with Crippen molar-refractivity contribution in [2.24, 2.45) is 0 Å². The molecule has 2 N–H and O–H groups in total. The van der Waals surface area contributed by atoms with Gasteiger partial charge >= 0.3 is 5.97 Å². The number of hydrogen-bond donors (Lipinski definition) is 2. The minimum Gasteiger partial charge on any atom is -0.481 e. The fourth-order valence-electron chi connectivity index (χ4n) is 1.15. The zero-order valence-corrected chi connectivity index (χ0v) is 9.42. The number of carboxylic acid groups (broad SMARTS) is 1. The zero-order chi connectivity index (χ0) is 12.7. The van der Waals surface area contributed by atoms with Gasteiger partial charge in [-0.25, -0.2) is 4.68 Å². The molecule has 0 fully saturated rings. The highest BCUT2D eigenvalue weighted by Gasteiger charge is 2.08. The van der Waals surface area contributed by atoms with Crippen molar-refractivity contribution in [2.75, 3.05) is 20.3 Å². The molecule has 0 atom stereocenters. The quantitative estimate of drug-likeness (QED) is 0.574. The van der Waals surface area contributed by atoms with Crippen LogP contribution < -0.4 is 5.32 Å². The third-order valence-corrected chi connectivity index (χ3v) is 1.85. The van der Waals surface area contributed by atoms with Gasteiger partial charge < -0.3 is 15.2 Å². The van der Waals surface area contributed by atoms with E-state index in [1.807, 2.05) is 0 Å². The van der Waals surface area contributed by atoms with Crippen LogP contribution in [0.1, 0.15) is 5.69 Å². The Morgan fingerprint density at radius 1 is 1.59 bits per heavy atom. The van der Waals surface area contributed by atoms with Crippen molar-refractivity contribution in [1.29, 1.82) is 0 Å². The van der Waals surface area contributed by atoms with Crippen molar-refractivity contribution in [3.63, 3.8) is 0 Å². The summed E-state index contributed by atoms with van der Waals surface area (Å²) >= 11 is 0. The molecule has 17 heavy (non-hydrogen) atoms. The number of carbonyl (C=O) groups is 2. The van der Waals surface area contributed by atoms with Crippen molar-refractivity contribution < 1.29 is 19.4 Å². The maximum atomic E-state index is 11.3. The average molecular weight is 242 g/mol. The number of ether oxygens (including phenoxy) is 1. The molecule has 0 aromatic carbocycles. The second-order valence-electron chi connectivity index (χ2n) is 3.32. The van der Waals surface area contributed by atoms with E-state index in [1.165, 1.54) is 10.9 Å². The lowest BCUT2D eigenvalue weighted by Gasteiger charge is -2.03. The molecule has 1 heterocycles. The molecular weight excluding hydrogens is 228 g/mol. The summed E-state index contributed by atoms with van der Waals surface area (Å²) in [6.07, 6.45) is 1.23. The van der Waals surface area contributed by atoms with Gasteiger partial charge in [-0.1, -0.05) is 5.21 Å². The van der Waals surface area contributed by atoms with Gasteiger partial charge in [-0.3, -0.25) is 9.59 Å². The summed E-state index contributed by atoms with van der Waals surface area (Å²) in [7, 11) is 1.54. The largest absolute Gasteiger partial charge is 0.481 e. The monoisotopic (exact) mass is 242 g/mol. The minimum absolute atomic E-state index is 0.0103. The van der Waals surface area contributed by atoms with Crippen LogP contribution in [0.3, 0.4) is 0 Å². The molecule has 8 nitrogen and oxygen atoms in total. The van der Waals surface area contributed by atoms with E-state index in [9.17, 15) is 9.59 Å². The molecule has 1 rings (SSSR count). The second kappa shape index (κ2) is 6.59. The standard InChI is InChI=1S/C9H14N4O4/c1-17-3-2-10-8(14)6-13-5-7(11-12-13)4-9(15)16/h5H,2-4,6H2,1H3,(H,10,14)(H,15,16). The van der Waals surface area contributed by atoms with Crippen molar-refractivity contribution in [1.82, 2.24) is 20.3 Å². The van der Waals surface area contributed by atoms with Gasteiger partial charge in [-0.2, -0.15) is 0 Å². The van der Waals surface area contributed by atoms with Gasteiger partial charge in [0.25, 0.3) is 0 Å². The van der Waals surface area contributed by atoms with Crippen LogP contribution in [0.15, 0.2) is 6.20 Å². The molecule has 0 unspecified atom stereocenters. The normalized spacial score (nSPS) is 10.2. The predicted octanol–water partition coefficient (Wildman–Crippen LogP) is -1.33. The summed E-state index contributed by atoms with van der Waals surface area (Å²) in [6.45, 7) is 0.871. The van der Waals surface area contributed by atoms with Crippen molar-refractivity contribution in [3.8, 4) is 0 Å². The lowest BCUT2D eigenvalue weighted by Crippen LogP contribution is -2.30. The van der Waals surface area contributed by atoms with Gasteiger partial charge in [0.15, 0.2) is 0 Å². The first-order valence-corrected chi connectivity index (χ1v) is 4.98. The average Bonchev–Trinajstić information content (AvgIpc) is 2.64. The van der Waals surface area contributed by atoms with E-state index >= 15 is 0 Å². The molecule has 0 saturated heterocycles. The van der Waals surface area contributed by atoms with E-state index in [4.69, 9.17) is 9.84 Å². The number of aromatic nitrogens is 3. The summed E-state index contributed by atoms with van der Waals surface area (Å²) in [5.74, 6) is -1.21. The first-order chi connectivity index (χ1) is 8.11. The minimum atomic E-state index is -0.985. The Kier molecular flexibility index (Phi) is 5.08. The fourth-order valence-corrected chi connectivity index (χ4v) is 1.15. The van der Waals surface area contributed by atoms with Crippen molar-refractivity contribution in [3.05, 3.63) is 11.9 Å². The summed E-state index contributed by atoms with van der Waals surface area (Å²) < 4.78 is 6.07. The number of nitrogens with zero attached hydrogens (tertiary/aromatic N) is 3. The Bertz CT molecular complexity index is 390. The lowest BCUT2D eigenvalue weighted by atomic mass is 10.3. The zero-order valence-electron chi connectivity index (χ0n) is 9.42. The third-order valence-electron chi connectivity index (χ3n) is 1.85. The molecule has 0 bridgehead atoms. The van der Waals surface area contributed by atoms with E-state index in [1.54, 1.807) is 7.11 Å². The Labute approximate surface area is 97.6 Å². The highest BCUT2D eigenvalue weighted by atomic mass is 16.5. The summed E-state index contributed by atoms with van der Waals surface area (Å²) in [4.78, 5) is 21.8. The number of amides is 1. The van der Waals surface area contributed by atoms with Crippen LogP contribution in [0.2, 0.25) is 0 Å². The molecule has 1 amide bonds. The molecule has 0 aliphatic rings. The fraction of sp³-hybridized carbons (Fsp3) is 0.556. The van der Waals surface area contributed by atoms with Crippen LogP contribution in [-0.4, -0.2) is 52.2 Å². The lowest BCUT2D eigenvalue weighted by molar-refractivity contribution is -0.136. The molecule has 0 saturated carbocycles. The van der Waals surface area contributed by atoms with Crippen LogP contribution in [-0.2, 0) is 27.3 Å². The maximum Gasteiger partial charge on any atom is 0.309 e. The molecule has 1 aromatic heterocycles. The first-order valence-electron chi connectivity index (χ1n) is 4.98. The number of nitrogens with one attached hydrogen (secondary N) is 1. The van der Waals surface area contributed by atoms with Crippen molar-refractivity contribution in [2.45, 2.75) is 13.0 Å². The number of aliphatic carboxylic acids is 1. The van der Waals surface area contributed by atoms with E-state index in [0.717, 1.165) is 0 Å². The number of rotatable bonds is 7. The van der Waals surface area contributed by atoms with Crippen LogP contribution in [0.5, 0.6) is 0 Å². The Morgan fingerprint density at radius 2 is 2.35 bits per heavy atom. The highest BCUT2D eigenvalue weighted by molar-refractivity contribution is 5.75. The molecule has 0 aliphatic carbocycles. The Hall–Kier alpha value is -1.96. The maximum absolute atomic E-state index is 11.3. The van der Waals surface area contributed by atoms with E-state index in [2.05, 4.69) is 15.6 Å². The molecular formula is C9H14N4O4. The van der Waals surface area contributed by atoms with E-state index < -0.39 is 5.97 Å². The molecule has 8 heteroatoms. The number of carboxylic acids is 1. The third kappa shape index (κ3) is 5.07. The SMILES string of the molecule is COCCNC(=O)Cn1cc(CC(=O)O)nn1. The van der Waals surface area contributed by atoms with Gasteiger partial charge in [-0.05, 0) is 0 Å². The number of carbonyl (C=O) groups excluding carboxylic acids is 1. The second-order valence-corrected chi connectivity index (χ2v) is 3.32. The topological polar surface area (TPSA) is 106 Å². The number of hydrogen-bond acceptors (Lipinski definition) is 5. The van der Waals surface area contributed by atoms with Crippen LogP contribution in [0.4, 0.5) is 0 Å². The first kappa shape index (κ1) is 13.1. The summed E-state index contributed by atoms with van der Waals surface area (Å²) in [5, 5.41) is 18.4. The van der Waals surface area contributed by atoms with E-state index in [0.29, 0.717) is 18.8 Å². The smallest absolute Gasteiger partial charge is 0.309 e. The van der Waals surface area contributed by atoms with Gasteiger partial charge in [0.05, 0.1) is 18.7 Å². The van der Waals surface area contributed by atoms with Crippen LogP contribution >= 0.6 is 0 Å². The molecule has 0 radical (unpaired) electrons. The van der Waals surface area contributed by atoms with E-state index in [-0.39, 0.29) is 18.9 Å².